The minimum absolute atomic E-state index is 0. The number of benzene rings is 2. The van der Waals surface area contributed by atoms with Gasteiger partial charge in [-0.05, 0) is 48.7 Å². The number of carbonyl (C=O) groups excluding carboxylic acids is 1. The molecule has 0 aromatic heterocycles. The van der Waals surface area contributed by atoms with Crippen LogP contribution in [0, 0.1) is 6.57 Å². The standard InChI is InChI=1S/C10H9NO2.C10H10O4.Na.H2O/c1-11-10(4-5-10)7-2-3-8(12)9(13)6-7;11-6-14-10(3-4-10)7-1-2-8(12)9(13)5-7;;/h2-3,6,12-13H,4-5H2;1-2,5-6,12-13H,3-4H2;;1H2/q;;+1;/p-1. The predicted octanol–water partition coefficient (Wildman–Crippen LogP) is 0.0933. The molecule has 9 heteroatoms. The summed E-state index contributed by atoms with van der Waals surface area (Å²) in [6.45, 7) is 7.42. The summed E-state index contributed by atoms with van der Waals surface area (Å²) in [5, 5.41) is 36.7. The molecule has 8 nitrogen and oxygen atoms in total. The van der Waals surface area contributed by atoms with E-state index < -0.39 is 11.1 Å². The van der Waals surface area contributed by atoms with Crippen LogP contribution >= 0.6 is 0 Å². The number of hydrogen-bond acceptors (Lipinski definition) is 7. The van der Waals surface area contributed by atoms with E-state index >= 15 is 0 Å². The summed E-state index contributed by atoms with van der Waals surface area (Å²) in [5.41, 5.74) is 0.552. The summed E-state index contributed by atoms with van der Waals surface area (Å²) in [6, 6.07) is 9.05. The maximum Gasteiger partial charge on any atom is 1.00 e. The quantitative estimate of drug-likeness (QED) is 0.243. The molecule has 0 heterocycles. The molecule has 0 unspecified atom stereocenters. The van der Waals surface area contributed by atoms with E-state index in [1.807, 2.05) is 0 Å². The smallest absolute Gasteiger partial charge is 0.870 e. The zero-order valence-corrected chi connectivity index (χ0v) is 17.9. The first-order valence-corrected chi connectivity index (χ1v) is 8.41. The normalized spacial score (nSPS) is 16.4. The summed E-state index contributed by atoms with van der Waals surface area (Å²) in [5.74, 6) is -0.643. The van der Waals surface area contributed by atoms with Crippen molar-refractivity contribution >= 4 is 6.47 Å². The number of hydrogen-bond donors (Lipinski definition) is 4. The zero-order chi connectivity index (χ0) is 19.7. The second kappa shape index (κ2) is 9.37. The van der Waals surface area contributed by atoms with E-state index in [-0.39, 0.29) is 58.0 Å². The predicted molar refractivity (Wildman–Crippen MR) is 97.1 cm³/mol. The van der Waals surface area contributed by atoms with E-state index in [4.69, 9.17) is 21.5 Å². The Morgan fingerprint density at radius 3 is 1.72 bits per heavy atom. The first-order chi connectivity index (χ1) is 12.9. The Morgan fingerprint density at radius 2 is 1.34 bits per heavy atom. The van der Waals surface area contributed by atoms with Gasteiger partial charge in [-0.25, -0.2) is 6.57 Å². The van der Waals surface area contributed by atoms with Crippen LogP contribution in [0.3, 0.4) is 0 Å². The first kappa shape index (κ1) is 24.6. The van der Waals surface area contributed by atoms with Crippen molar-refractivity contribution in [2.75, 3.05) is 0 Å². The van der Waals surface area contributed by atoms with Crippen LogP contribution in [0.25, 0.3) is 4.85 Å². The van der Waals surface area contributed by atoms with Crippen molar-refractivity contribution in [2.45, 2.75) is 36.8 Å². The Kier molecular flexibility index (Phi) is 7.95. The Bertz CT molecular complexity index is 918. The average molecular weight is 409 g/mol. The molecule has 2 fully saturated rings. The van der Waals surface area contributed by atoms with E-state index in [2.05, 4.69) is 4.85 Å². The summed E-state index contributed by atoms with van der Waals surface area (Å²) in [4.78, 5) is 13.8. The van der Waals surface area contributed by atoms with Gasteiger partial charge >= 0.3 is 29.6 Å². The Hall–Kier alpha value is -2.44. The van der Waals surface area contributed by atoms with Gasteiger partial charge in [0, 0.05) is 18.4 Å². The van der Waals surface area contributed by atoms with Crippen LogP contribution in [-0.2, 0) is 20.7 Å². The number of phenolic OH excluding ortho intramolecular Hbond substituents is 4. The first-order valence-electron chi connectivity index (χ1n) is 8.41. The molecule has 148 valence electrons. The largest absolute Gasteiger partial charge is 1.00 e. The van der Waals surface area contributed by atoms with Gasteiger partial charge in [0.2, 0.25) is 0 Å². The summed E-state index contributed by atoms with van der Waals surface area (Å²) < 4.78 is 4.95. The molecule has 0 radical (unpaired) electrons. The van der Waals surface area contributed by atoms with Gasteiger partial charge in [0.1, 0.15) is 5.60 Å². The maximum atomic E-state index is 10.3. The SMILES string of the molecule is O=COC1(c2ccc(O)c(O)c2)CC1.[C-]#[N+]C1(c2ccc(O)c(O)c2)CC1.[Na+].[OH-]. The van der Waals surface area contributed by atoms with Crippen LogP contribution in [0.1, 0.15) is 36.8 Å². The van der Waals surface area contributed by atoms with Crippen LogP contribution in [0.15, 0.2) is 36.4 Å². The van der Waals surface area contributed by atoms with Crippen molar-refractivity contribution in [3.8, 4) is 23.0 Å². The molecular weight excluding hydrogens is 389 g/mol. The monoisotopic (exact) mass is 409 g/mol. The van der Waals surface area contributed by atoms with Crippen molar-refractivity contribution in [3.63, 3.8) is 0 Å². The minimum Gasteiger partial charge on any atom is -0.870 e. The molecule has 2 aliphatic carbocycles. The number of rotatable bonds is 4. The van der Waals surface area contributed by atoms with Crippen molar-refractivity contribution in [1.29, 1.82) is 0 Å². The Morgan fingerprint density at radius 1 is 0.862 bits per heavy atom. The number of carbonyl (C=O) groups is 1. The molecule has 0 spiro atoms. The van der Waals surface area contributed by atoms with Crippen LogP contribution in [-0.4, -0.2) is 32.4 Å². The van der Waals surface area contributed by atoms with Gasteiger partial charge in [-0.3, -0.25) is 4.79 Å². The Labute approximate surface area is 189 Å². The number of ether oxygens (including phenoxy) is 1. The van der Waals surface area contributed by atoms with Gasteiger partial charge in [0.15, 0.2) is 23.0 Å². The fourth-order valence-electron chi connectivity index (χ4n) is 2.88. The van der Waals surface area contributed by atoms with Gasteiger partial charge in [0.05, 0.1) is 0 Å². The second-order valence-electron chi connectivity index (χ2n) is 6.76. The van der Waals surface area contributed by atoms with E-state index in [9.17, 15) is 15.0 Å². The van der Waals surface area contributed by atoms with Gasteiger partial charge in [-0.1, -0.05) is 6.07 Å². The van der Waals surface area contributed by atoms with Gasteiger partial charge in [0.25, 0.3) is 12.0 Å². The number of aromatic hydroxyl groups is 4. The number of nitrogens with zero attached hydrogens (tertiary/aromatic N) is 1. The Balaban J connectivity index is 0.000000272. The van der Waals surface area contributed by atoms with E-state index in [0.717, 1.165) is 36.8 Å². The minimum atomic E-state index is -0.563. The van der Waals surface area contributed by atoms with Crippen molar-refractivity contribution in [3.05, 3.63) is 58.9 Å². The van der Waals surface area contributed by atoms with Crippen molar-refractivity contribution in [1.82, 2.24) is 0 Å². The van der Waals surface area contributed by atoms with Crippen LogP contribution in [0.4, 0.5) is 0 Å². The van der Waals surface area contributed by atoms with Gasteiger partial charge in [-0.15, -0.1) is 0 Å². The molecule has 0 amide bonds. The summed E-state index contributed by atoms with van der Waals surface area (Å²) in [7, 11) is 0. The molecule has 0 saturated heterocycles. The number of phenols is 4. The average Bonchev–Trinajstić information content (AvgIpc) is 3.56. The fraction of sp³-hybridized carbons (Fsp3) is 0.300. The van der Waals surface area contributed by atoms with Crippen LogP contribution < -0.4 is 29.6 Å². The molecule has 29 heavy (non-hydrogen) atoms. The van der Waals surface area contributed by atoms with Crippen molar-refractivity contribution in [2.24, 2.45) is 0 Å². The van der Waals surface area contributed by atoms with Crippen LogP contribution in [0.5, 0.6) is 23.0 Å². The molecule has 2 aromatic rings. The molecule has 0 aliphatic heterocycles. The second-order valence-corrected chi connectivity index (χ2v) is 6.76. The van der Waals surface area contributed by atoms with Crippen molar-refractivity contribution < 1.29 is 65.0 Å². The molecule has 0 bridgehead atoms. The van der Waals surface area contributed by atoms with Crippen LogP contribution in [0.2, 0.25) is 0 Å². The molecule has 4 rings (SSSR count). The fourth-order valence-corrected chi connectivity index (χ4v) is 2.88. The molecule has 5 N–H and O–H groups in total. The van der Waals surface area contributed by atoms with E-state index in [0.29, 0.717) is 6.47 Å². The third-order valence-corrected chi connectivity index (χ3v) is 4.93. The molecule has 2 aromatic carbocycles. The van der Waals surface area contributed by atoms with E-state index in [1.165, 1.54) is 24.3 Å². The topological polar surface area (TPSA) is 142 Å². The molecule has 2 saturated carbocycles. The molecule has 2 aliphatic rings. The van der Waals surface area contributed by atoms with Gasteiger partial charge in [-0.2, -0.15) is 0 Å². The van der Waals surface area contributed by atoms with E-state index in [1.54, 1.807) is 12.1 Å². The maximum absolute atomic E-state index is 10.3. The third kappa shape index (κ3) is 5.14. The third-order valence-electron chi connectivity index (χ3n) is 4.93. The van der Waals surface area contributed by atoms with Gasteiger partial charge < -0.3 is 35.5 Å². The summed E-state index contributed by atoms with van der Waals surface area (Å²) in [6.07, 6.45) is 3.22. The zero-order valence-electron chi connectivity index (χ0n) is 15.9. The molecule has 0 atom stereocenters. The summed E-state index contributed by atoms with van der Waals surface area (Å²) >= 11 is 0. The molecular formula is C20H20NNaO7.